The molecule has 0 N–H and O–H groups in total. The molecule has 1 aromatic heterocycles. The minimum absolute atomic E-state index is 0.161. The number of aromatic nitrogens is 2. The molecule has 1 aromatic rings. The molecule has 0 unspecified atom stereocenters. The number of hydrogen-bond donors (Lipinski definition) is 0. The third-order valence-electron chi connectivity index (χ3n) is 1.44. The van der Waals surface area contributed by atoms with Gasteiger partial charge in [-0.15, -0.1) is 0 Å². The molecule has 15 heavy (non-hydrogen) atoms. The quantitative estimate of drug-likeness (QED) is 0.574. The summed E-state index contributed by atoms with van der Waals surface area (Å²) >= 11 is 5.52. The summed E-state index contributed by atoms with van der Waals surface area (Å²) in [5.74, 6) is -0.298. The highest BCUT2D eigenvalue weighted by molar-refractivity contribution is 6.28. The van der Waals surface area contributed by atoms with Gasteiger partial charge in [0, 0.05) is 12.4 Å². The van der Waals surface area contributed by atoms with E-state index in [0.29, 0.717) is 5.56 Å². The molecule has 0 bridgehead atoms. The van der Waals surface area contributed by atoms with Gasteiger partial charge in [0.25, 0.3) is 0 Å². The van der Waals surface area contributed by atoms with Crippen LogP contribution in [0.15, 0.2) is 12.4 Å². The van der Waals surface area contributed by atoms with Crippen LogP contribution >= 0.6 is 11.6 Å². The molecule has 0 atom stereocenters. The van der Waals surface area contributed by atoms with Crippen molar-refractivity contribution in [3.05, 3.63) is 23.2 Å². The lowest BCUT2D eigenvalue weighted by molar-refractivity contribution is -0.153. The average Bonchev–Trinajstić information content (AvgIpc) is 2.05. The fourth-order valence-corrected chi connectivity index (χ4v) is 1.07. The summed E-state index contributed by atoms with van der Waals surface area (Å²) in [6.45, 7) is 5.47. The molecule has 4 nitrogen and oxygen atoms in total. The smallest absolute Gasteiger partial charge is 0.310 e. The minimum Gasteiger partial charge on any atom is -0.460 e. The summed E-state index contributed by atoms with van der Waals surface area (Å²) in [6.07, 6.45) is 3.19. The Kier molecular flexibility index (Phi) is 3.63. The molecule has 0 aliphatic carbocycles. The summed E-state index contributed by atoms with van der Waals surface area (Å²) in [4.78, 5) is 19.0. The van der Waals surface area contributed by atoms with Gasteiger partial charge in [0.05, 0.1) is 6.42 Å². The van der Waals surface area contributed by atoms with E-state index in [-0.39, 0.29) is 17.7 Å². The van der Waals surface area contributed by atoms with Crippen molar-refractivity contribution in [2.24, 2.45) is 0 Å². The zero-order chi connectivity index (χ0) is 11.5. The molecule has 0 aliphatic heterocycles. The van der Waals surface area contributed by atoms with Gasteiger partial charge in [0.2, 0.25) is 5.28 Å². The highest BCUT2D eigenvalue weighted by Gasteiger charge is 2.16. The van der Waals surface area contributed by atoms with Crippen LogP contribution in [0.1, 0.15) is 26.3 Å². The second-order valence-corrected chi connectivity index (χ2v) is 4.46. The lowest BCUT2D eigenvalue weighted by Gasteiger charge is -2.19. The van der Waals surface area contributed by atoms with Gasteiger partial charge >= 0.3 is 5.97 Å². The number of esters is 1. The number of carbonyl (C=O) groups excluding carboxylic acids is 1. The molecule has 0 saturated carbocycles. The van der Waals surface area contributed by atoms with Gasteiger partial charge in [0.1, 0.15) is 5.60 Å². The SMILES string of the molecule is CC(C)(C)OC(=O)Cc1cnc(Cl)nc1. The summed E-state index contributed by atoms with van der Waals surface area (Å²) in [6, 6.07) is 0. The van der Waals surface area contributed by atoms with E-state index >= 15 is 0 Å². The van der Waals surface area contributed by atoms with Crippen molar-refractivity contribution in [2.75, 3.05) is 0 Å². The number of rotatable bonds is 2. The van der Waals surface area contributed by atoms with Crippen molar-refractivity contribution >= 4 is 17.6 Å². The van der Waals surface area contributed by atoms with Crippen LogP contribution in [-0.4, -0.2) is 21.5 Å². The fraction of sp³-hybridized carbons (Fsp3) is 0.500. The van der Waals surface area contributed by atoms with Crippen LogP contribution in [-0.2, 0) is 16.0 Å². The molecule has 0 spiro atoms. The normalized spacial score (nSPS) is 11.2. The Bertz CT molecular complexity index is 343. The first kappa shape index (κ1) is 11.9. The van der Waals surface area contributed by atoms with Crippen LogP contribution in [0.3, 0.4) is 0 Å². The van der Waals surface area contributed by atoms with Crippen LogP contribution in [0.5, 0.6) is 0 Å². The Hall–Kier alpha value is -1.16. The van der Waals surface area contributed by atoms with Crippen LogP contribution in [0.25, 0.3) is 0 Å². The second kappa shape index (κ2) is 4.57. The largest absolute Gasteiger partial charge is 0.460 e. The van der Waals surface area contributed by atoms with E-state index in [0.717, 1.165) is 0 Å². The lowest BCUT2D eigenvalue weighted by Crippen LogP contribution is -2.24. The van der Waals surface area contributed by atoms with Crippen molar-refractivity contribution in [2.45, 2.75) is 32.8 Å². The zero-order valence-electron chi connectivity index (χ0n) is 8.95. The molecule has 0 radical (unpaired) electrons. The number of nitrogens with zero attached hydrogens (tertiary/aromatic N) is 2. The van der Waals surface area contributed by atoms with Gasteiger partial charge in [-0.3, -0.25) is 4.79 Å². The standard InChI is InChI=1S/C10H13ClN2O2/c1-10(2,3)15-8(14)4-7-5-12-9(11)13-6-7/h5-6H,4H2,1-3H3. The molecule has 82 valence electrons. The van der Waals surface area contributed by atoms with Crippen LogP contribution in [0, 0.1) is 0 Å². The first-order valence-corrected chi connectivity index (χ1v) is 4.93. The van der Waals surface area contributed by atoms with Crippen molar-refractivity contribution < 1.29 is 9.53 Å². The first-order valence-electron chi connectivity index (χ1n) is 4.55. The summed E-state index contributed by atoms with van der Waals surface area (Å²) in [5, 5.41) is 0.169. The fourth-order valence-electron chi connectivity index (χ4n) is 0.975. The Morgan fingerprint density at radius 2 is 1.93 bits per heavy atom. The van der Waals surface area contributed by atoms with Gasteiger partial charge in [-0.1, -0.05) is 0 Å². The van der Waals surface area contributed by atoms with E-state index in [1.165, 1.54) is 12.4 Å². The second-order valence-electron chi connectivity index (χ2n) is 4.12. The third kappa shape index (κ3) is 4.74. The van der Waals surface area contributed by atoms with Crippen LogP contribution in [0.4, 0.5) is 0 Å². The van der Waals surface area contributed by atoms with Crippen molar-refractivity contribution in [1.29, 1.82) is 0 Å². The monoisotopic (exact) mass is 228 g/mol. The van der Waals surface area contributed by atoms with Crippen LogP contribution in [0.2, 0.25) is 5.28 Å². The molecular weight excluding hydrogens is 216 g/mol. The zero-order valence-corrected chi connectivity index (χ0v) is 9.71. The number of halogens is 1. The molecule has 1 rings (SSSR count). The van der Waals surface area contributed by atoms with Gasteiger partial charge in [-0.2, -0.15) is 0 Å². The van der Waals surface area contributed by atoms with E-state index in [1.54, 1.807) is 0 Å². The molecular formula is C10H13ClN2O2. The Morgan fingerprint density at radius 3 is 2.40 bits per heavy atom. The topological polar surface area (TPSA) is 52.1 Å². The maximum absolute atomic E-state index is 11.4. The highest BCUT2D eigenvalue weighted by Crippen LogP contribution is 2.09. The lowest BCUT2D eigenvalue weighted by atomic mass is 10.2. The predicted octanol–water partition coefficient (Wildman–Crippen LogP) is 2.01. The average molecular weight is 229 g/mol. The third-order valence-corrected chi connectivity index (χ3v) is 1.64. The van der Waals surface area contributed by atoms with E-state index in [4.69, 9.17) is 16.3 Å². The van der Waals surface area contributed by atoms with Gasteiger partial charge < -0.3 is 4.74 Å². The highest BCUT2D eigenvalue weighted by atomic mass is 35.5. The van der Waals surface area contributed by atoms with E-state index < -0.39 is 5.60 Å². The van der Waals surface area contributed by atoms with E-state index in [2.05, 4.69) is 9.97 Å². The Labute approximate surface area is 93.6 Å². The Morgan fingerprint density at radius 1 is 1.40 bits per heavy atom. The Balaban J connectivity index is 2.55. The summed E-state index contributed by atoms with van der Waals surface area (Å²) in [7, 11) is 0. The summed E-state index contributed by atoms with van der Waals surface area (Å²) < 4.78 is 5.14. The van der Waals surface area contributed by atoms with Gasteiger partial charge in [-0.25, -0.2) is 9.97 Å². The molecule has 0 aliphatic rings. The van der Waals surface area contributed by atoms with Crippen molar-refractivity contribution in [3.8, 4) is 0 Å². The maximum atomic E-state index is 11.4. The van der Waals surface area contributed by atoms with Crippen LogP contribution < -0.4 is 0 Å². The van der Waals surface area contributed by atoms with E-state index in [1.807, 2.05) is 20.8 Å². The molecule has 0 saturated heterocycles. The summed E-state index contributed by atoms with van der Waals surface area (Å²) in [5.41, 5.74) is 0.221. The number of carbonyl (C=O) groups is 1. The predicted molar refractivity (Wildman–Crippen MR) is 56.6 cm³/mol. The van der Waals surface area contributed by atoms with Crippen molar-refractivity contribution in [3.63, 3.8) is 0 Å². The molecule has 0 aromatic carbocycles. The van der Waals surface area contributed by atoms with Gasteiger partial charge in [0.15, 0.2) is 0 Å². The van der Waals surface area contributed by atoms with E-state index in [9.17, 15) is 4.79 Å². The molecule has 5 heteroatoms. The first-order chi connectivity index (χ1) is 6.87. The maximum Gasteiger partial charge on any atom is 0.310 e. The number of hydrogen-bond acceptors (Lipinski definition) is 4. The molecule has 0 amide bonds. The van der Waals surface area contributed by atoms with Gasteiger partial charge in [-0.05, 0) is 37.9 Å². The number of ether oxygens (including phenoxy) is 1. The minimum atomic E-state index is -0.468. The molecule has 0 fully saturated rings. The molecule has 1 heterocycles. The van der Waals surface area contributed by atoms with Crippen molar-refractivity contribution in [1.82, 2.24) is 9.97 Å².